The van der Waals surface area contributed by atoms with Crippen LogP contribution in [0.4, 0.5) is 0 Å². The zero-order chi connectivity index (χ0) is 16.5. The Kier molecular flexibility index (Phi) is 6.44. The van der Waals surface area contributed by atoms with Crippen molar-refractivity contribution in [2.75, 3.05) is 26.7 Å². The minimum absolute atomic E-state index is 0.00955. The van der Waals surface area contributed by atoms with E-state index in [-0.39, 0.29) is 6.54 Å². The maximum Gasteiger partial charge on any atom is 0.317 e. The molecule has 0 radical (unpaired) electrons. The molecule has 0 amide bonds. The summed E-state index contributed by atoms with van der Waals surface area (Å²) < 4.78 is 11.3. The Bertz CT molecular complexity index is 598. The van der Waals surface area contributed by atoms with Crippen molar-refractivity contribution in [1.29, 1.82) is 0 Å². The van der Waals surface area contributed by atoms with Crippen molar-refractivity contribution in [1.82, 2.24) is 4.90 Å². The Hall–Kier alpha value is -2.53. The average Bonchev–Trinajstić information content (AvgIpc) is 2.54. The molecule has 0 aliphatic rings. The summed E-state index contributed by atoms with van der Waals surface area (Å²) >= 11 is 0. The molecule has 5 heteroatoms. The third kappa shape index (κ3) is 6.40. The van der Waals surface area contributed by atoms with Gasteiger partial charge in [-0.3, -0.25) is 9.69 Å². The molecule has 0 saturated heterocycles. The van der Waals surface area contributed by atoms with Gasteiger partial charge in [0, 0.05) is 6.54 Å². The number of ether oxygens (including phenoxy) is 2. The SMILES string of the molecule is CN(CCOc1ccc(OCc2ccccc2)cc1)CC(=O)O. The van der Waals surface area contributed by atoms with E-state index in [0.717, 1.165) is 17.1 Å². The number of hydrogen-bond donors (Lipinski definition) is 1. The molecular weight excluding hydrogens is 294 g/mol. The van der Waals surface area contributed by atoms with Crippen molar-refractivity contribution in [3.05, 3.63) is 60.2 Å². The number of carboxylic acids is 1. The molecule has 0 aromatic heterocycles. The van der Waals surface area contributed by atoms with Crippen LogP contribution in [0.15, 0.2) is 54.6 Å². The van der Waals surface area contributed by atoms with Gasteiger partial charge < -0.3 is 14.6 Å². The Morgan fingerprint density at radius 1 is 1.00 bits per heavy atom. The lowest BCUT2D eigenvalue weighted by Crippen LogP contribution is -2.29. The van der Waals surface area contributed by atoms with E-state index in [1.54, 1.807) is 11.9 Å². The lowest BCUT2D eigenvalue weighted by Gasteiger charge is -2.14. The van der Waals surface area contributed by atoms with Gasteiger partial charge in [0.1, 0.15) is 24.7 Å². The quantitative estimate of drug-likeness (QED) is 0.771. The fourth-order valence-electron chi connectivity index (χ4n) is 2.00. The summed E-state index contributed by atoms with van der Waals surface area (Å²) in [5.74, 6) is 0.678. The summed E-state index contributed by atoms with van der Waals surface area (Å²) in [5.41, 5.74) is 1.12. The second-order valence-electron chi connectivity index (χ2n) is 5.23. The number of likely N-dealkylation sites (N-methyl/N-ethyl adjacent to an activating group) is 1. The molecule has 2 rings (SSSR count). The standard InChI is InChI=1S/C18H21NO4/c1-19(13-18(20)21)11-12-22-16-7-9-17(10-8-16)23-14-15-5-3-2-4-6-15/h2-10H,11-14H2,1H3,(H,20,21). The number of nitrogens with zero attached hydrogens (tertiary/aromatic N) is 1. The number of hydrogen-bond acceptors (Lipinski definition) is 4. The first-order chi connectivity index (χ1) is 11.1. The van der Waals surface area contributed by atoms with Crippen LogP contribution >= 0.6 is 0 Å². The van der Waals surface area contributed by atoms with E-state index >= 15 is 0 Å². The van der Waals surface area contributed by atoms with E-state index < -0.39 is 5.97 Å². The van der Waals surface area contributed by atoms with Gasteiger partial charge in [-0.15, -0.1) is 0 Å². The van der Waals surface area contributed by atoms with Crippen LogP contribution in [0, 0.1) is 0 Å². The highest BCUT2D eigenvalue weighted by atomic mass is 16.5. The van der Waals surface area contributed by atoms with Gasteiger partial charge >= 0.3 is 5.97 Å². The fraction of sp³-hybridized carbons (Fsp3) is 0.278. The van der Waals surface area contributed by atoms with E-state index in [0.29, 0.717) is 19.8 Å². The molecule has 0 bridgehead atoms. The van der Waals surface area contributed by atoms with Gasteiger partial charge in [0.15, 0.2) is 0 Å². The second kappa shape index (κ2) is 8.80. The molecule has 5 nitrogen and oxygen atoms in total. The molecule has 0 spiro atoms. The van der Waals surface area contributed by atoms with Gasteiger partial charge in [-0.1, -0.05) is 30.3 Å². The summed E-state index contributed by atoms with van der Waals surface area (Å²) in [6.45, 7) is 1.53. The van der Waals surface area contributed by atoms with E-state index in [9.17, 15) is 4.79 Å². The van der Waals surface area contributed by atoms with Crippen LogP contribution in [-0.4, -0.2) is 42.7 Å². The van der Waals surface area contributed by atoms with Crippen LogP contribution in [0.1, 0.15) is 5.56 Å². The first-order valence-corrected chi connectivity index (χ1v) is 7.43. The van der Waals surface area contributed by atoms with Crippen molar-refractivity contribution >= 4 is 5.97 Å². The van der Waals surface area contributed by atoms with Crippen LogP contribution in [-0.2, 0) is 11.4 Å². The minimum Gasteiger partial charge on any atom is -0.492 e. The van der Waals surface area contributed by atoms with Crippen LogP contribution in [0.5, 0.6) is 11.5 Å². The van der Waals surface area contributed by atoms with Crippen LogP contribution in [0.3, 0.4) is 0 Å². The highest BCUT2D eigenvalue weighted by Gasteiger charge is 2.04. The second-order valence-corrected chi connectivity index (χ2v) is 5.23. The number of aliphatic carboxylic acids is 1. The van der Waals surface area contributed by atoms with Gasteiger partial charge in [-0.25, -0.2) is 0 Å². The Labute approximate surface area is 136 Å². The summed E-state index contributed by atoms with van der Waals surface area (Å²) in [6, 6.07) is 17.4. The van der Waals surface area contributed by atoms with Gasteiger partial charge in [-0.05, 0) is 36.9 Å². The van der Waals surface area contributed by atoms with Crippen molar-refractivity contribution in [2.45, 2.75) is 6.61 Å². The predicted molar refractivity (Wildman–Crippen MR) is 87.8 cm³/mol. The largest absolute Gasteiger partial charge is 0.492 e. The molecule has 0 aliphatic heterocycles. The maximum atomic E-state index is 10.5. The van der Waals surface area contributed by atoms with Crippen LogP contribution in [0.25, 0.3) is 0 Å². The molecule has 0 atom stereocenters. The highest BCUT2D eigenvalue weighted by Crippen LogP contribution is 2.18. The van der Waals surface area contributed by atoms with Crippen molar-refractivity contribution in [2.24, 2.45) is 0 Å². The molecule has 2 aromatic rings. The Morgan fingerprint density at radius 2 is 1.61 bits per heavy atom. The lowest BCUT2D eigenvalue weighted by molar-refractivity contribution is -0.138. The minimum atomic E-state index is -0.840. The molecule has 0 aliphatic carbocycles. The van der Waals surface area contributed by atoms with E-state index in [2.05, 4.69) is 0 Å². The smallest absolute Gasteiger partial charge is 0.317 e. The van der Waals surface area contributed by atoms with Gasteiger partial charge in [0.2, 0.25) is 0 Å². The average molecular weight is 315 g/mol. The Morgan fingerprint density at radius 3 is 2.22 bits per heavy atom. The monoisotopic (exact) mass is 315 g/mol. The van der Waals surface area contributed by atoms with E-state index in [1.807, 2.05) is 54.6 Å². The number of rotatable bonds is 9. The van der Waals surface area contributed by atoms with Gasteiger partial charge in [0.05, 0.1) is 6.54 Å². The van der Waals surface area contributed by atoms with Crippen LogP contribution < -0.4 is 9.47 Å². The molecule has 0 unspecified atom stereocenters. The highest BCUT2D eigenvalue weighted by molar-refractivity contribution is 5.68. The van der Waals surface area contributed by atoms with Crippen molar-refractivity contribution < 1.29 is 19.4 Å². The molecule has 0 fully saturated rings. The summed E-state index contributed by atoms with van der Waals surface area (Å²) in [7, 11) is 1.75. The number of carboxylic acid groups (broad SMARTS) is 1. The summed E-state index contributed by atoms with van der Waals surface area (Å²) in [4.78, 5) is 12.2. The molecule has 0 heterocycles. The molecule has 122 valence electrons. The van der Waals surface area contributed by atoms with Gasteiger partial charge in [0.25, 0.3) is 0 Å². The first-order valence-electron chi connectivity index (χ1n) is 7.43. The van der Waals surface area contributed by atoms with Gasteiger partial charge in [-0.2, -0.15) is 0 Å². The van der Waals surface area contributed by atoms with Crippen LogP contribution in [0.2, 0.25) is 0 Å². The fourth-order valence-corrected chi connectivity index (χ4v) is 2.00. The number of carbonyl (C=O) groups is 1. The summed E-state index contributed by atoms with van der Waals surface area (Å²) in [6.07, 6.45) is 0. The number of benzene rings is 2. The summed E-state index contributed by atoms with van der Waals surface area (Å²) in [5, 5.41) is 8.67. The van der Waals surface area contributed by atoms with E-state index in [4.69, 9.17) is 14.6 Å². The molecule has 1 N–H and O–H groups in total. The molecular formula is C18H21NO4. The normalized spacial score (nSPS) is 10.5. The third-order valence-corrected chi connectivity index (χ3v) is 3.22. The molecule has 0 saturated carbocycles. The first kappa shape index (κ1) is 16.8. The predicted octanol–water partition coefficient (Wildman–Crippen LogP) is 2.66. The molecule has 2 aromatic carbocycles. The topological polar surface area (TPSA) is 59.0 Å². The third-order valence-electron chi connectivity index (χ3n) is 3.22. The Balaban J connectivity index is 1.73. The zero-order valence-electron chi connectivity index (χ0n) is 13.1. The maximum absolute atomic E-state index is 10.5. The zero-order valence-corrected chi connectivity index (χ0v) is 13.1. The van der Waals surface area contributed by atoms with Crippen molar-refractivity contribution in [3.63, 3.8) is 0 Å². The van der Waals surface area contributed by atoms with Crippen molar-refractivity contribution in [3.8, 4) is 11.5 Å². The molecule has 23 heavy (non-hydrogen) atoms. The lowest BCUT2D eigenvalue weighted by atomic mass is 10.2. The van der Waals surface area contributed by atoms with E-state index in [1.165, 1.54) is 0 Å².